The van der Waals surface area contributed by atoms with Crippen LogP contribution in [0.2, 0.25) is 0 Å². The van der Waals surface area contributed by atoms with Crippen molar-refractivity contribution < 1.29 is 0 Å². The first-order valence-corrected chi connectivity index (χ1v) is 12.2. The monoisotopic (exact) mass is 444 g/mol. The highest BCUT2D eigenvalue weighted by atomic mass is 15.1. The Morgan fingerprint density at radius 3 is 2.15 bits per heavy atom. The molecule has 0 radical (unpaired) electrons. The molecule has 33 heavy (non-hydrogen) atoms. The zero-order valence-corrected chi connectivity index (χ0v) is 21.9. The molecule has 178 valence electrons. The molecule has 0 aliphatic heterocycles. The van der Waals surface area contributed by atoms with Gasteiger partial charge in [-0.3, -0.25) is 0 Å². The van der Waals surface area contributed by atoms with Crippen LogP contribution in [0, 0.1) is 6.92 Å². The second kappa shape index (κ2) is 15.7. The fraction of sp³-hybridized carbons (Fsp3) is 0.355. The minimum absolute atomic E-state index is 0.562. The van der Waals surface area contributed by atoms with Gasteiger partial charge in [0.25, 0.3) is 0 Å². The molecule has 0 amide bonds. The summed E-state index contributed by atoms with van der Waals surface area (Å²) in [6, 6.07) is 23.3. The molecule has 0 aliphatic rings. The van der Waals surface area contributed by atoms with Gasteiger partial charge in [-0.1, -0.05) is 108 Å². The van der Waals surface area contributed by atoms with Crippen molar-refractivity contribution in [3.8, 4) is 11.3 Å². The molecule has 0 spiro atoms. The van der Waals surface area contributed by atoms with Crippen LogP contribution in [0.15, 0.2) is 91.0 Å². The van der Waals surface area contributed by atoms with Crippen LogP contribution >= 0.6 is 0 Å². The van der Waals surface area contributed by atoms with E-state index in [-0.39, 0.29) is 0 Å². The molecule has 0 fully saturated rings. The molecule has 3 aromatic rings. The van der Waals surface area contributed by atoms with E-state index in [1.165, 1.54) is 40.2 Å². The van der Waals surface area contributed by atoms with E-state index in [0.29, 0.717) is 5.92 Å². The van der Waals surface area contributed by atoms with Crippen LogP contribution in [0.25, 0.3) is 11.3 Å². The molecule has 2 nitrogen and oxygen atoms in total. The van der Waals surface area contributed by atoms with Gasteiger partial charge in [-0.15, -0.1) is 0 Å². The van der Waals surface area contributed by atoms with Gasteiger partial charge < -0.3 is 9.88 Å². The Balaban J connectivity index is 0.000000297. The van der Waals surface area contributed by atoms with Crippen LogP contribution in [-0.2, 0) is 0 Å². The van der Waals surface area contributed by atoms with Crippen LogP contribution in [-0.4, -0.2) is 18.6 Å². The van der Waals surface area contributed by atoms with E-state index in [2.05, 4.69) is 132 Å². The third-order valence-electron chi connectivity index (χ3n) is 5.16. The van der Waals surface area contributed by atoms with Gasteiger partial charge in [0.15, 0.2) is 0 Å². The third kappa shape index (κ3) is 10.4. The largest absolute Gasteiger partial charge is 0.371 e. The van der Waals surface area contributed by atoms with E-state index in [1.54, 1.807) is 0 Å². The Kier molecular flexibility index (Phi) is 13.4. The quantitative estimate of drug-likeness (QED) is 0.360. The number of anilines is 1. The van der Waals surface area contributed by atoms with Crippen LogP contribution in [0.5, 0.6) is 0 Å². The van der Waals surface area contributed by atoms with E-state index in [4.69, 9.17) is 0 Å². The van der Waals surface area contributed by atoms with Crippen molar-refractivity contribution in [2.24, 2.45) is 0 Å². The summed E-state index contributed by atoms with van der Waals surface area (Å²) in [6.07, 6.45) is 6.46. The van der Waals surface area contributed by atoms with E-state index in [9.17, 15) is 0 Å². The zero-order valence-electron chi connectivity index (χ0n) is 21.9. The lowest BCUT2D eigenvalue weighted by Gasteiger charge is -2.18. The molecule has 0 saturated heterocycles. The van der Waals surface area contributed by atoms with Gasteiger partial charge in [0, 0.05) is 30.7 Å². The molecule has 3 rings (SSSR count). The van der Waals surface area contributed by atoms with E-state index in [0.717, 1.165) is 13.0 Å². The number of hydrogen-bond acceptors (Lipinski definition) is 1. The smallest absolute Gasteiger partial charge is 0.0456 e. The van der Waals surface area contributed by atoms with Gasteiger partial charge in [-0.2, -0.15) is 0 Å². The third-order valence-corrected chi connectivity index (χ3v) is 5.16. The van der Waals surface area contributed by atoms with Crippen LogP contribution in [0.1, 0.15) is 64.6 Å². The Morgan fingerprint density at radius 2 is 1.64 bits per heavy atom. The van der Waals surface area contributed by atoms with Crippen molar-refractivity contribution in [1.82, 2.24) is 4.98 Å². The van der Waals surface area contributed by atoms with Gasteiger partial charge in [0.05, 0.1) is 0 Å². The van der Waals surface area contributed by atoms with E-state index in [1.807, 2.05) is 12.1 Å². The minimum Gasteiger partial charge on any atom is -0.371 e. The van der Waals surface area contributed by atoms with Crippen molar-refractivity contribution >= 4 is 5.69 Å². The zero-order chi connectivity index (χ0) is 24.6. The first-order chi connectivity index (χ1) is 15.9. The van der Waals surface area contributed by atoms with E-state index < -0.39 is 0 Å². The highest BCUT2D eigenvalue weighted by Gasteiger charge is 2.03. The fourth-order valence-electron chi connectivity index (χ4n) is 3.13. The Hall–Kier alpha value is -3.00. The first-order valence-electron chi connectivity index (χ1n) is 12.2. The number of aromatic amines is 1. The highest BCUT2D eigenvalue weighted by Crippen LogP contribution is 2.21. The maximum Gasteiger partial charge on any atom is 0.0456 e. The summed E-state index contributed by atoms with van der Waals surface area (Å²) in [4.78, 5) is 5.67. The molecule has 1 N–H and O–H groups in total. The predicted molar refractivity (Wildman–Crippen MR) is 149 cm³/mol. The average Bonchev–Trinajstić information content (AvgIpc) is 3.32. The molecule has 0 atom stereocenters. The second-order valence-electron chi connectivity index (χ2n) is 8.61. The maximum absolute atomic E-state index is 3.81. The number of nitrogens with one attached hydrogen (secondary N) is 1. The summed E-state index contributed by atoms with van der Waals surface area (Å²) in [6.45, 7) is 17.7. The number of aryl methyl sites for hydroxylation is 1. The normalized spacial score (nSPS) is 10.6. The minimum atomic E-state index is 0.562. The van der Waals surface area contributed by atoms with Gasteiger partial charge in [-0.05, 0) is 54.7 Å². The number of allylic oxidation sites excluding steroid dienone is 2. The van der Waals surface area contributed by atoms with Crippen LogP contribution in [0.3, 0.4) is 0 Å². The molecule has 1 aromatic heterocycles. The molecule has 0 aliphatic carbocycles. The van der Waals surface area contributed by atoms with Crippen molar-refractivity contribution in [2.45, 2.75) is 60.3 Å². The molecule has 0 saturated carbocycles. The van der Waals surface area contributed by atoms with Gasteiger partial charge in [0.2, 0.25) is 0 Å². The number of aromatic nitrogens is 1. The molecular formula is C31H44N2. The number of H-pyrrole nitrogens is 1. The summed E-state index contributed by atoms with van der Waals surface area (Å²) in [5.41, 5.74) is 7.61. The van der Waals surface area contributed by atoms with Crippen molar-refractivity contribution in [2.75, 3.05) is 18.5 Å². The van der Waals surface area contributed by atoms with Crippen molar-refractivity contribution in [1.29, 1.82) is 0 Å². The summed E-state index contributed by atoms with van der Waals surface area (Å²) in [7, 11) is 2.11. The van der Waals surface area contributed by atoms with Gasteiger partial charge in [0.1, 0.15) is 0 Å². The molecule has 0 unspecified atom stereocenters. The Bertz CT molecular complexity index is 948. The summed E-state index contributed by atoms with van der Waals surface area (Å²) in [5.74, 6) is 0.562. The topological polar surface area (TPSA) is 19.0 Å². The predicted octanol–water partition coefficient (Wildman–Crippen LogP) is 9.18. The number of benzene rings is 2. The number of nitrogens with zero attached hydrogens (tertiary/aromatic N) is 1. The fourth-order valence-corrected chi connectivity index (χ4v) is 3.13. The summed E-state index contributed by atoms with van der Waals surface area (Å²) in [5, 5.41) is 0. The lowest BCUT2D eigenvalue weighted by Crippen LogP contribution is -2.17. The lowest BCUT2D eigenvalue weighted by molar-refractivity contribution is 0.834. The molecule has 1 heterocycles. The Morgan fingerprint density at radius 1 is 0.970 bits per heavy atom. The first kappa shape index (κ1) is 28.0. The van der Waals surface area contributed by atoms with Crippen molar-refractivity contribution in [3.63, 3.8) is 0 Å². The summed E-state index contributed by atoms with van der Waals surface area (Å²) >= 11 is 0. The van der Waals surface area contributed by atoms with E-state index >= 15 is 0 Å². The number of hydrogen-bond donors (Lipinski definition) is 1. The SMILES string of the molecule is C=C/C(=C\CN(C)c1cccc(C)c1)CC.CC(C)c1ccc(-c2ccccc2)[nH]1.CCC. The highest BCUT2D eigenvalue weighted by molar-refractivity contribution is 5.59. The van der Waals surface area contributed by atoms with Crippen LogP contribution in [0.4, 0.5) is 5.69 Å². The Labute approximate surface area is 203 Å². The average molecular weight is 445 g/mol. The second-order valence-corrected chi connectivity index (χ2v) is 8.61. The maximum atomic E-state index is 3.81. The standard InChI is InChI=1S/C15H21N.C13H15N.C3H8/c1-5-14(6-2)10-11-16(4)15-9-7-8-13(3)12-15;1-10(2)12-8-9-13(14-12)11-6-4-3-5-7-11;1-3-2/h5,7-10,12H,1,6,11H2,2-4H3;3-10,14H,1-2H3;3H2,1-2H3/b14-10+;;. The van der Waals surface area contributed by atoms with Gasteiger partial charge in [-0.25, -0.2) is 0 Å². The molecular weight excluding hydrogens is 400 g/mol. The molecule has 2 aromatic carbocycles. The van der Waals surface area contributed by atoms with Crippen LogP contribution < -0.4 is 4.90 Å². The lowest BCUT2D eigenvalue weighted by atomic mass is 10.1. The molecule has 0 bridgehead atoms. The summed E-state index contributed by atoms with van der Waals surface area (Å²) < 4.78 is 0. The molecule has 2 heteroatoms. The number of rotatable bonds is 7. The number of likely N-dealkylation sites (N-methyl/N-ethyl adjacent to an activating group) is 1. The van der Waals surface area contributed by atoms with Crippen molar-refractivity contribution in [3.05, 3.63) is 102 Å². The van der Waals surface area contributed by atoms with Gasteiger partial charge >= 0.3 is 0 Å².